The maximum atomic E-state index is 12.9. The minimum atomic E-state index is -1.24. The average molecular weight is 336 g/mol. The Kier molecular flexibility index (Phi) is 4.68. The Labute approximate surface area is 137 Å². The Bertz CT molecular complexity index is 681. The zero-order valence-electron chi connectivity index (χ0n) is 12.4. The Morgan fingerprint density at radius 3 is 2.91 bits per heavy atom. The highest BCUT2D eigenvalue weighted by molar-refractivity contribution is 7.99. The molecule has 1 atom stereocenters. The SMILES string of the molecule is O=C(NCCc1coc(-c2ccc(F)cc2)n1)C1(O)CCSC1. The van der Waals surface area contributed by atoms with Crippen molar-refractivity contribution in [2.24, 2.45) is 0 Å². The van der Waals surface area contributed by atoms with E-state index in [1.807, 2.05) is 0 Å². The molecule has 0 bridgehead atoms. The van der Waals surface area contributed by atoms with Crippen molar-refractivity contribution in [2.75, 3.05) is 18.1 Å². The van der Waals surface area contributed by atoms with Gasteiger partial charge in [0.1, 0.15) is 12.1 Å². The average Bonchev–Trinajstić information content (AvgIpc) is 3.18. The molecule has 5 nitrogen and oxygen atoms in total. The summed E-state index contributed by atoms with van der Waals surface area (Å²) in [5.74, 6) is 1.01. The van der Waals surface area contributed by atoms with E-state index in [1.165, 1.54) is 18.4 Å². The second-order valence-corrected chi connectivity index (χ2v) is 6.60. The van der Waals surface area contributed by atoms with Crippen molar-refractivity contribution in [2.45, 2.75) is 18.4 Å². The first kappa shape index (κ1) is 16.0. The summed E-state index contributed by atoms with van der Waals surface area (Å²) in [7, 11) is 0. The summed E-state index contributed by atoms with van der Waals surface area (Å²) < 4.78 is 18.3. The zero-order valence-corrected chi connectivity index (χ0v) is 13.2. The van der Waals surface area contributed by atoms with Crippen LogP contribution in [-0.2, 0) is 11.2 Å². The minimum Gasteiger partial charge on any atom is -0.444 e. The first-order valence-corrected chi connectivity index (χ1v) is 8.51. The van der Waals surface area contributed by atoms with Crippen molar-refractivity contribution in [1.82, 2.24) is 10.3 Å². The first-order chi connectivity index (χ1) is 11.1. The van der Waals surface area contributed by atoms with Crippen LogP contribution in [0.15, 0.2) is 34.9 Å². The third kappa shape index (κ3) is 3.73. The molecule has 2 N–H and O–H groups in total. The maximum absolute atomic E-state index is 12.9. The van der Waals surface area contributed by atoms with Crippen molar-refractivity contribution >= 4 is 17.7 Å². The molecule has 1 saturated heterocycles. The van der Waals surface area contributed by atoms with Gasteiger partial charge in [0.05, 0.1) is 5.69 Å². The van der Waals surface area contributed by atoms with Crippen LogP contribution in [0.25, 0.3) is 11.5 Å². The Balaban J connectivity index is 1.53. The molecule has 7 heteroatoms. The number of aromatic nitrogens is 1. The lowest BCUT2D eigenvalue weighted by Crippen LogP contribution is -2.47. The Morgan fingerprint density at radius 2 is 2.22 bits per heavy atom. The predicted molar refractivity (Wildman–Crippen MR) is 85.5 cm³/mol. The van der Waals surface area contributed by atoms with E-state index in [0.29, 0.717) is 42.3 Å². The summed E-state index contributed by atoms with van der Waals surface area (Å²) >= 11 is 1.58. The number of hydrogen-bond donors (Lipinski definition) is 2. The van der Waals surface area contributed by atoms with Gasteiger partial charge in [-0.15, -0.1) is 0 Å². The number of aliphatic hydroxyl groups is 1. The van der Waals surface area contributed by atoms with Crippen LogP contribution in [0.4, 0.5) is 4.39 Å². The number of nitrogens with zero attached hydrogens (tertiary/aromatic N) is 1. The number of hydrogen-bond acceptors (Lipinski definition) is 5. The van der Waals surface area contributed by atoms with Gasteiger partial charge in [-0.1, -0.05) is 0 Å². The van der Waals surface area contributed by atoms with Crippen LogP contribution < -0.4 is 5.32 Å². The highest BCUT2D eigenvalue weighted by atomic mass is 32.2. The van der Waals surface area contributed by atoms with Crippen molar-refractivity contribution in [3.63, 3.8) is 0 Å². The number of carbonyl (C=O) groups is 1. The van der Waals surface area contributed by atoms with E-state index in [4.69, 9.17) is 4.42 Å². The number of benzene rings is 1. The lowest BCUT2D eigenvalue weighted by Gasteiger charge is -2.19. The lowest BCUT2D eigenvalue weighted by molar-refractivity contribution is -0.137. The summed E-state index contributed by atoms with van der Waals surface area (Å²) in [6.45, 7) is 0.376. The summed E-state index contributed by atoms with van der Waals surface area (Å²) in [5, 5.41) is 12.9. The van der Waals surface area contributed by atoms with E-state index >= 15 is 0 Å². The molecule has 2 heterocycles. The molecule has 1 unspecified atom stereocenters. The largest absolute Gasteiger partial charge is 0.444 e. The smallest absolute Gasteiger partial charge is 0.252 e. The van der Waals surface area contributed by atoms with Gasteiger partial charge >= 0.3 is 0 Å². The number of rotatable bonds is 5. The highest BCUT2D eigenvalue weighted by Crippen LogP contribution is 2.27. The van der Waals surface area contributed by atoms with Gasteiger partial charge in [-0.05, 0) is 36.4 Å². The third-order valence-corrected chi connectivity index (χ3v) is 4.91. The normalized spacial score (nSPS) is 20.6. The molecule has 1 aromatic heterocycles. The number of amides is 1. The summed E-state index contributed by atoms with van der Waals surface area (Å²) in [5.41, 5.74) is 0.143. The van der Waals surface area contributed by atoms with Crippen LogP contribution in [0.5, 0.6) is 0 Å². The molecule has 0 spiro atoms. The summed E-state index contributed by atoms with van der Waals surface area (Å²) in [6, 6.07) is 5.89. The maximum Gasteiger partial charge on any atom is 0.252 e. The number of thioether (sulfide) groups is 1. The molecule has 1 fully saturated rings. The fraction of sp³-hybridized carbons (Fsp3) is 0.375. The molecule has 3 rings (SSSR count). The fourth-order valence-electron chi connectivity index (χ4n) is 2.35. The quantitative estimate of drug-likeness (QED) is 0.873. The fourth-order valence-corrected chi connectivity index (χ4v) is 3.59. The standard InChI is InChI=1S/C16H17FN2O3S/c17-12-3-1-11(2-4-12)14-19-13(9-22-14)5-7-18-15(20)16(21)6-8-23-10-16/h1-4,9,21H,5-8,10H2,(H,18,20). The summed E-state index contributed by atoms with van der Waals surface area (Å²) in [6.07, 6.45) is 2.51. The topological polar surface area (TPSA) is 75.4 Å². The molecular weight excluding hydrogens is 319 g/mol. The van der Waals surface area contributed by atoms with Crippen LogP contribution in [0.2, 0.25) is 0 Å². The number of carbonyl (C=O) groups excluding carboxylic acids is 1. The third-order valence-electron chi connectivity index (χ3n) is 3.73. The second-order valence-electron chi connectivity index (χ2n) is 5.49. The van der Waals surface area contributed by atoms with E-state index in [9.17, 15) is 14.3 Å². The molecule has 1 aromatic carbocycles. The Hall–Kier alpha value is -1.86. The van der Waals surface area contributed by atoms with Gasteiger partial charge in [-0.2, -0.15) is 11.8 Å². The van der Waals surface area contributed by atoms with Crippen LogP contribution >= 0.6 is 11.8 Å². The predicted octanol–water partition coefficient (Wildman–Crippen LogP) is 2.01. The Morgan fingerprint density at radius 1 is 1.43 bits per heavy atom. The lowest BCUT2D eigenvalue weighted by atomic mass is 10.0. The van der Waals surface area contributed by atoms with Crippen molar-refractivity contribution in [3.8, 4) is 11.5 Å². The number of oxazole rings is 1. The molecule has 0 radical (unpaired) electrons. The number of nitrogens with one attached hydrogen (secondary N) is 1. The molecule has 1 amide bonds. The van der Waals surface area contributed by atoms with Gasteiger partial charge in [0.2, 0.25) is 5.89 Å². The number of halogens is 1. The minimum absolute atomic E-state index is 0.314. The summed E-state index contributed by atoms with van der Waals surface area (Å²) in [4.78, 5) is 16.3. The molecule has 1 aliphatic rings. The van der Waals surface area contributed by atoms with Crippen LogP contribution in [0, 0.1) is 5.82 Å². The van der Waals surface area contributed by atoms with E-state index in [-0.39, 0.29) is 11.7 Å². The van der Waals surface area contributed by atoms with Crippen LogP contribution in [0.3, 0.4) is 0 Å². The van der Waals surface area contributed by atoms with Gasteiger partial charge < -0.3 is 14.8 Å². The molecule has 1 aliphatic heterocycles. The monoisotopic (exact) mass is 336 g/mol. The second kappa shape index (κ2) is 6.72. The van der Waals surface area contributed by atoms with E-state index in [0.717, 1.165) is 5.75 Å². The molecular formula is C16H17FN2O3S. The van der Waals surface area contributed by atoms with Crippen LogP contribution in [-0.4, -0.2) is 39.6 Å². The van der Waals surface area contributed by atoms with Gasteiger partial charge in [-0.25, -0.2) is 9.37 Å². The van der Waals surface area contributed by atoms with Gasteiger partial charge in [0.25, 0.3) is 5.91 Å². The van der Waals surface area contributed by atoms with Crippen molar-refractivity contribution < 1.29 is 18.7 Å². The van der Waals surface area contributed by atoms with Gasteiger partial charge in [0, 0.05) is 24.3 Å². The van der Waals surface area contributed by atoms with Crippen molar-refractivity contribution in [1.29, 1.82) is 0 Å². The molecule has 23 heavy (non-hydrogen) atoms. The molecule has 2 aromatic rings. The molecule has 0 aliphatic carbocycles. The van der Waals surface area contributed by atoms with Gasteiger partial charge in [0.15, 0.2) is 5.60 Å². The first-order valence-electron chi connectivity index (χ1n) is 7.36. The van der Waals surface area contributed by atoms with Crippen molar-refractivity contribution in [3.05, 3.63) is 42.0 Å². The van der Waals surface area contributed by atoms with E-state index in [2.05, 4.69) is 10.3 Å². The van der Waals surface area contributed by atoms with E-state index < -0.39 is 5.60 Å². The van der Waals surface area contributed by atoms with E-state index in [1.54, 1.807) is 23.9 Å². The van der Waals surface area contributed by atoms with Crippen LogP contribution in [0.1, 0.15) is 12.1 Å². The molecule has 0 saturated carbocycles. The molecule has 122 valence electrons. The zero-order chi connectivity index (χ0) is 16.3. The van der Waals surface area contributed by atoms with Gasteiger partial charge in [-0.3, -0.25) is 4.79 Å². The highest BCUT2D eigenvalue weighted by Gasteiger charge is 2.39.